The van der Waals surface area contributed by atoms with Gasteiger partial charge in [0.2, 0.25) is 0 Å². The van der Waals surface area contributed by atoms with Crippen LogP contribution in [0, 0.1) is 13.8 Å². The van der Waals surface area contributed by atoms with E-state index in [1.807, 2.05) is 0 Å². The minimum atomic E-state index is 1.10. The average Bonchev–Trinajstić information content (AvgIpc) is 2.64. The van der Waals surface area contributed by atoms with Crippen LogP contribution in [0.25, 0.3) is 11.3 Å². The Balaban J connectivity index is 2.45. The van der Waals surface area contributed by atoms with E-state index in [9.17, 15) is 0 Å². The van der Waals surface area contributed by atoms with E-state index >= 15 is 0 Å². The molecule has 78 valence electrons. The molecule has 0 fully saturated rings. The van der Waals surface area contributed by atoms with Crippen molar-refractivity contribution in [1.82, 2.24) is 4.98 Å². The standard InChI is InChI=1S/C14H17N/c1-4-12-6-7-13(10(2)9-12)14-8-5-11(3)15-14/h5-9,15H,4H2,1-3H3. The number of benzene rings is 1. The van der Waals surface area contributed by atoms with Gasteiger partial charge in [0.15, 0.2) is 0 Å². The molecule has 0 aliphatic rings. The lowest BCUT2D eigenvalue weighted by Crippen LogP contribution is -1.87. The van der Waals surface area contributed by atoms with Gasteiger partial charge < -0.3 is 4.98 Å². The molecule has 0 amide bonds. The lowest BCUT2D eigenvalue weighted by atomic mass is 10.0. The third-order valence-corrected chi connectivity index (χ3v) is 2.82. The van der Waals surface area contributed by atoms with Crippen molar-refractivity contribution in [3.63, 3.8) is 0 Å². The number of rotatable bonds is 2. The van der Waals surface area contributed by atoms with Crippen LogP contribution in [0.4, 0.5) is 0 Å². The van der Waals surface area contributed by atoms with Gasteiger partial charge in [-0.1, -0.05) is 25.1 Å². The summed E-state index contributed by atoms with van der Waals surface area (Å²) in [5.74, 6) is 0. The molecule has 0 unspecified atom stereocenters. The first-order valence-corrected chi connectivity index (χ1v) is 5.46. The van der Waals surface area contributed by atoms with E-state index in [4.69, 9.17) is 0 Å². The van der Waals surface area contributed by atoms with Crippen molar-refractivity contribution in [1.29, 1.82) is 0 Å². The summed E-state index contributed by atoms with van der Waals surface area (Å²) in [6.07, 6.45) is 1.10. The summed E-state index contributed by atoms with van der Waals surface area (Å²) in [5, 5.41) is 0. The predicted molar refractivity (Wildman–Crippen MR) is 65.1 cm³/mol. The fourth-order valence-corrected chi connectivity index (χ4v) is 1.91. The van der Waals surface area contributed by atoms with Gasteiger partial charge in [0.25, 0.3) is 0 Å². The van der Waals surface area contributed by atoms with Crippen LogP contribution in [0.3, 0.4) is 0 Å². The third-order valence-electron chi connectivity index (χ3n) is 2.82. The van der Waals surface area contributed by atoms with E-state index < -0.39 is 0 Å². The van der Waals surface area contributed by atoms with Crippen molar-refractivity contribution in [2.75, 3.05) is 0 Å². The smallest absolute Gasteiger partial charge is 0.0458 e. The summed E-state index contributed by atoms with van der Waals surface area (Å²) in [4.78, 5) is 3.37. The zero-order valence-corrected chi connectivity index (χ0v) is 9.59. The maximum Gasteiger partial charge on any atom is 0.0458 e. The molecule has 1 heteroatoms. The summed E-state index contributed by atoms with van der Waals surface area (Å²) < 4.78 is 0. The summed E-state index contributed by atoms with van der Waals surface area (Å²) in [7, 11) is 0. The first kappa shape index (κ1) is 10.0. The quantitative estimate of drug-likeness (QED) is 0.756. The van der Waals surface area contributed by atoms with Crippen molar-refractivity contribution < 1.29 is 0 Å². The van der Waals surface area contributed by atoms with Crippen molar-refractivity contribution in [2.24, 2.45) is 0 Å². The Labute approximate surface area is 91.2 Å². The third kappa shape index (κ3) is 1.96. The van der Waals surface area contributed by atoms with Crippen molar-refractivity contribution >= 4 is 0 Å². The van der Waals surface area contributed by atoms with E-state index in [0.29, 0.717) is 0 Å². The number of nitrogens with one attached hydrogen (secondary N) is 1. The lowest BCUT2D eigenvalue weighted by molar-refractivity contribution is 1.13. The second-order valence-corrected chi connectivity index (χ2v) is 4.06. The molecule has 1 aromatic heterocycles. The van der Waals surface area contributed by atoms with E-state index in [1.54, 1.807) is 0 Å². The van der Waals surface area contributed by atoms with E-state index in [-0.39, 0.29) is 0 Å². The summed E-state index contributed by atoms with van der Waals surface area (Å²) in [6.45, 7) is 6.44. The van der Waals surface area contributed by atoms with Gasteiger partial charge in [0.05, 0.1) is 0 Å². The largest absolute Gasteiger partial charge is 0.359 e. The molecular weight excluding hydrogens is 182 g/mol. The van der Waals surface area contributed by atoms with E-state index in [1.165, 1.54) is 28.1 Å². The maximum atomic E-state index is 3.37. The van der Waals surface area contributed by atoms with Gasteiger partial charge in [-0.3, -0.25) is 0 Å². The summed E-state index contributed by atoms with van der Waals surface area (Å²) in [6, 6.07) is 10.9. The van der Waals surface area contributed by atoms with Gasteiger partial charge >= 0.3 is 0 Å². The normalized spacial score (nSPS) is 10.6. The van der Waals surface area contributed by atoms with Crippen LogP contribution in [-0.4, -0.2) is 4.98 Å². The molecule has 1 N–H and O–H groups in total. The molecule has 1 aromatic carbocycles. The van der Waals surface area contributed by atoms with Gasteiger partial charge in [-0.2, -0.15) is 0 Å². The molecule has 15 heavy (non-hydrogen) atoms. The minimum Gasteiger partial charge on any atom is -0.359 e. The minimum absolute atomic E-state index is 1.10. The number of hydrogen-bond acceptors (Lipinski definition) is 0. The van der Waals surface area contributed by atoms with Gasteiger partial charge in [-0.05, 0) is 43.5 Å². The maximum absolute atomic E-state index is 3.37. The second-order valence-electron chi connectivity index (χ2n) is 4.06. The molecule has 0 saturated heterocycles. The monoisotopic (exact) mass is 199 g/mol. The first-order valence-electron chi connectivity index (χ1n) is 5.46. The van der Waals surface area contributed by atoms with Gasteiger partial charge in [-0.25, -0.2) is 0 Å². The van der Waals surface area contributed by atoms with Crippen LogP contribution < -0.4 is 0 Å². The number of aromatic nitrogens is 1. The highest BCUT2D eigenvalue weighted by Gasteiger charge is 2.03. The second kappa shape index (κ2) is 3.93. The van der Waals surface area contributed by atoms with Crippen LogP contribution in [0.2, 0.25) is 0 Å². The molecule has 2 rings (SSSR count). The molecule has 1 heterocycles. The van der Waals surface area contributed by atoms with Crippen LogP contribution in [0.5, 0.6) is 0 Å². The van der Waals surface area contributed by atoms with Gasteiger partial charge in [0.1, 0.15) is 0 Å². The molecule has 0 aliphatic carbocycles. The number of aromatic amines is 1. The Hall–Kier alpha value is -1.50. The number of H-pyrrole nitrogens is 1. The molecule has 2 aromatic rings. The highest BCUT2D eigenvalue weighted by atomic mass is 14.7. The molecule has 0 saturated carbocycles. The van der Waals surface area contributed by atoms with Crippen LogP contribution in [-0.2, 0) is 6.42 Å². The Morgan fingerprint density at radius 2 is 1.87 bits per heavy atom. The zero-order chi connectivity index (χ0) is 10.8. The van der Waals surface area contributed by atoms with Crippen LogP contribution in [0.15, 0.2) is 30.3 Å². The number of hydrogen-bond donors (Lipinski definition) is 1. The highest BCUT2D eigenvalue weighted by molar-refractivity contribution is 5.64. The Kier molecular flexibility index (Phi) is 2.63. The van der Waals surface area contributed by atoms with E-state index in [0.717, 1.165) is 6.42 Å². The zero-order valence-electron chi connectivity index (χ0n) is 9.59. The Bertz CT molecular complexity index is 466. The lowest BCUT2D eigenvalue weighted by Gasteiger charge is -2.05. The molecular formula is C14H17N. The van der Waals surface area contributed by atoms with Gasteiger partial charge in [0, 0.05) is 17.0 Å². The van der Waals surface area contributed by atoms with Crippen molar-refractivity contribution in [2.45, 2.75) is 27.2 Å². The average molecular weight is 199 g/mol. The topological polar surface area (TPSA) is 15.8 Å². The fraction of sp³-hybridized carbons (Fsp3) is 0.286. The molecule has 0 radical (unpaired) electrons. The predicted octanol–water partition coefficient (Wildman–Crippen LogP) is 3.86. The SMILES string of the molecule is CCc1ccc(-c2ccc(C)[nH]2)c(C)c1. The molecule has 0 atom stereocenters. The van der Waals surface area contributed by atoms with Crippen LogP contribution in [0.1, 0.15) is 23.7 Å². The molecule has 1 nitrogen and oxygen atoms in total. The van der Waals surface area contributed by atoms with Crippen LogP contribution >= 0.6 is 0 Å². The molecule has 0 aliphatic heterocycles. The summed E-state index contributed by atoms with van der Waals surface area (Å²) >= 11 is 0. The van der Waals surface area contributed by atoms with Crippen molar-refractivity contribution in [3.05, 3.63) is 47.2 Å². The number of aryl methyl sites for hydroxylation is 3. The fourth-order valence-electron chi connectivity index (χ4n) is 1.91. The highest BCUT2D eigenvalue weighted by Crippen LogP contribution is 2.23. The molecule has 0 bridgehead atoms. The first-order chi connectivity index (χ1) is 7.20. The van der Waals surface area contributed by atoms with Crippen molar-refractivity contribution in [3.8, 4) is 11.3 Å². The Morgan fingerprint density at radius 1 is 1.07 bits per heavy atom. The van der Waals surface area contributed by atoms with E-state index in [2.05, 4.69) is 56.1 Å². The Morgan fingerprint density at radius 3 is 2.40 bits per heavy atom. The molecule has 0 spiro atoms. The summed E-state index contributed by atoms with van der Waals surface area (Å²) in [5.41, 5.74) is 6.48. The van der Waals surface area contributed by atoms with Gasteiger partial charge in [-0.15, -0.1) is 0 Å².